The largest absolute Gasteiger partial charge is 0.339 e. The van der Waals surface area contributed by atoms with Crippen LogP contribution in [0.5, 0.6) is 0 Å². The van der Waals surface area contributed by atoms with Gasteiger partial charge in [0.15, 0.2) is 0 Å². The van der Waals surface area contributed by atoms with Gasteiger partial charge in [-0.3, -0.25) is 9.59 Å². The molecule has 0 unspecified atom stereocenters. The minimum absolute atomic E-state index is 0.0246. The maximum Gasteiger partial charge on any atom is 0.248 e. The summed E-state index contributed by atoms with van der Waals surface area (Å²) >= 11 is 0. The lowest BCUT2D eigenvalue weighted by molar-refractivity contribution is -0.145. The first-order chi connectivity index (χ1) is 14.5. The van der Waals surface area contributed by atoms with Gasteiger partial charge < -0.3 is 14.7 Å². The van der Waals surface area contributed by atoms with Crippen LogP contribution < -0.4 is 4.90 Å². The summed E-state index contributed by atoms with van der Waals surface area (Å²) in [5.41, 5.74) is 0.872. The van der Waals surface area contributed by atoms with Crippen molar-refractivity contribution in [2.75, 3.05) is 37.6 Å². The third kappa shape index (κ3) is 4.27. The van der Waals surface area contributed by atoms with E-state index in [9.17, 15) is 9.59 Å². The molecule has 2 aromatic rings. The van der Waals surface area contributed by atoms with Crippen LogP contribution >= 0.6 is 0 Å². The Morgan fingerprint density at radius 3 is 2.73 bits per heavy atom. The predicted octanol–water partition coefficient (Wildman–Crippen LogP) is 0.736. The Kier molecular flexibility index (Phi) is 5.91. The average molecular weight is 412 g/mol. The van der Waals surface area contributed by atoms with E-state index in [1.165, 1.54) is 0 Å². The highest BCUT2D eigenvalue weighted by atomic mass is 16.2. The highest BCUT2D eigenvalue weighted by Crippen LogP contribution is 2.26. The van der Waals surface area contributed by atoms with Gasteiger partial charge in [0.1, 0.15) is 12.6 Å². The second-order valence-corrected chi connectivity index (χ2v) is 8.28. The molecule has 0 radical (unpaired) electrons. The monoisotopic (exact) mass is 412 g/mol. The Labute approximate surface area is 175 Å². The smallest absolute Gasteiger partial charge is 0.248 e. The normalized spacial score (nSPS) is 19.8. The van der Waals surface area contributed by atoms with Gasteiger partial charge in [-0.05, 0) is 24.8 Å². The van der Waals surface area contributed by atoms with Crippen molar-refractivity contribution in [3.05, 3.63) is 30.4 Å². The Morgan fingerprint density at radius 2 is 1.97 bits per heavy atom. The van der Waals surface area contributed by atoms with Crippen LogP contribution in [-0.4, -0.2) is 79.3 Å². The predicted molar refractivity (Wildman–Crippen MR) is 109 cm³/mol. The number of hydrogen-bond acceptors (Lipinski definition) is 7. The van der Waals surface area contributed by atoms with Crippen LogP contribution in [0.1, 0.15) is 38.4 Å². The van der Waals surface area contributed by atoms with Crippen molar-refractivity contribution < 1.29 is 9.59 Å². The summed E-state index contributed by atoms with van der Waals surface area (Å²) in [7, 11) is 0. The summed E-state index contributed by atoms with van der Waals surface area (Å²) < 4.78 is 1.72. The number of rotatable bonds is 5. The number of anilines is 1. The van der Waals surface area contributed by atoms with Gasteiger partial charge in [0.25, 0.3) is 0 Å². The molecule has 0 saturated carbocycles. The van der Waals surface area contributed by atoms with Gasteiger partial charge >= 0.3 is 0 Å². The van der Waals surface area contributed by atoms with Crippen LogP contribution in [0.2, 0.25) is 0 Å². The van der Waals surface area contributed by atoms with Crippen molar-refractivity contribution in [2.24, 2.45) is 5.92 Å². The fraction of sp³-hybridized carbons (Fsp3) is 0.600. The highest BCUT2D eigenvalue weighted by Gasteiger charge is 2.36. The quantitative estimate of drug-likeness (QED) is 0.714. The van der Waals surface area contributed by atoms with E-state index in [0.29, 0.717) is 44.5 Å². The molecule has 30 heavy (non-hydrogen) atoms. The van der Waals surface area contributed by atoms with E-state index in [-0.39, 0.29) is 24.4 Å². The Bertz CT molecular complexity index is 884. The summed E-state index contributed by atoms with van der Waals surface area (Å²) in [4.78, 5) is 40.3. The molecule has 1 fully saturated rings. The van der Waals surface area contributed by atoms with Gasteiger partial charge in [0, 0.05) is 38.6 Å². The van der Waals surface area contributed by atoms with Crippen molar-refractivity contribution in [1.29, 1.82) is 0 Å². The van der Waals surface area contributed by atoms with E-state index < -0.39 is 0 Å². The molecule has 0 bridgehead atoms. The molecule has 0 aromatic carbocycles. The van der Waals surface area contributed by atoms with Gasteiger partial charge in [-0.1, -0.05) is 19.1 Å². The number of amides is 2. The summed E-state index contributed by atoms with van der Waals surface area (Å²) in [5.74, 6) is 0.950. The second-order valence-electron chi connectivity index (χ2n) is 8.28. The van der Waals surface area contributed by atoms with E-state index in [1.807, 2.05) is 4.90 Å². The van der Waals surface area contributed by atoms with Crippen molar-refractivity contribution in [1.82, 2.24) is 34.8 Å². The van der Waals surface area contributed by atoms with Gasteiger partial charge in [-0.25, -0.2) is 14.6 Å². The van der Waals surface area contributed by atoms with E-state index >= 15 is 0 Å². The summed E-state index contributed by atoms with van der Waals surface area (Å²) in [6.07, 6.45) is 6.65. The Hall–Kier alpha value is -3.04. The lowest BCUT2D eigenvalue weighted by Crippen LogP contribution is -2.49. The number of hydrogen-bond donors (Lipinski definition) is 0. The molecule has 1 atom stereocenters. The molecule has 4 rings (SSSR count). The van der Waals surface area contributed by atoms with E-state index in [0.717, 1.165) is 18.7 Å². The minimum Gasteiger partial charge on any atom is -0.339 e. The molecule has 0 N–H and O–H groups in total. The molecule has 2 aromatic heterocycles. The van der Waals surface area contributed by atoms with Crippen LogP contribution in [0.4, 0.5) is 5.95 Å². The molecule has 10 heteroatoms. The van der Waals surface area contributed by atoms with Crippen molar-refractivity contribution in [3.63, 3.8) is 0 Å². The first-order valence-corrected chi connectivity index (χ1v) is 10.5. The average Bonchev–Trinajstić information content (AvgIpc) is 3.06. The molecular weight excluding hydrogens is 384 g/mol. The van der Waals surface area contributed by atoms with Gasteiger partial charge in [-0.15, -0.1) is 5.10 Å². The Balaban J connectivity index is 1.40. The van der Waals surface area contributed by atoms with Crippen LogP contribution in [0.15, 0.2) is 24.7 Å². The third-order valence-corrected chi connectivity index (χ3v) is 5.60. The molecule has 1 saturated heterocycles. The van der Waals surface area contributed by atoms with Crippen LogP contribution in [0.3, 0.4) is 0 Å². The lowest BCUT2D eigenvalue weighted by Gasteiger charge is -2.34. The fourth-order valence-electron chi connectivity index (χ4n) is 4.09. The van der Waals surface area contributed by atoms with Crippen molar-refractivity contribution in [3.8, 4) is 0 Å². The summed E-state index contributed by atoms with van der Waals surface area (Å²) in [5, 5.41) is 8.07. The van der Waals surface area contributed by atoms with E-state index in [2.05, 4.69) is 39.0 Å². The Morgan fingerprint density at radius 1 is 1.17 bits per heavy atom. The third-order valence-electron chi connectivity index (χ3n) is 5.60. The molecular formula is C20H28N8O2. The number of carbonyl (C=O) groups is 2. The van der Waals surface area contributed by atoms with Crippen molar-refractivity contribution >= 4 is 17.8 Å². The lowest BCUT2D eigenvalue weighted by atomic mass is 10.0. The molecule has 2 amide bonds. The van der Waals surface area contributed by atoms with Crippen LogP contribution in [0, 0.1) is 5.92 Å². The molecule has 160 valence electrons. The standard InChI is InChI=1S/C20H28N8O2/c1-15(2)11-17-19(30)27(13-16-12-23-24-28(16)17)14-18(29)25-7-4-8-26(10-9-25)20-21-5-3-6-22-20/h3,5-6,12,15,17H,4,7-11,13-14H2,1-2H3/t17-/m0/s1. The molecule has 0 spiro atoms. The molecule has 0 aliphatic carbocycles. The van der Waals surface area contributed by atoms with Gasteiger partial charge in [-0.2, -0.15) is 0 Å². The zero-order valence-electron chi connectivity index (χ0n) is 17.5. The van der Waals surface area contributed by atoms with Gasteiger partial charge in [0.2, 0.25) is 17.8 Å². The topological polar surface area (TPSA) is 100 Å². The van der Waals surface area contributed by atoms with Crippen LogP contribution in [-0.2, 0) is 16.1 Å². The zero-order chi connectivity index (χ0) is 21.1. The van der Waals surface area contributed by atoms with E-state index in [1.54, 1.807) is 34.2 Å². The molecule has 10 nitrogen and oxygen atoms in total. The first kappa shape index (κ1) is 20.2. The second kappa shape index (κ2) is 8.76. The van der Waals surface area contributed by atoms with Crippen LogP contribution in [0.25, 0.3) is 0 Å². The van der Waals surface area contributed by atoms with E-state index in [4.69, 9.17) is 0 Å². The fourth-order valence-corrected chi connectivity index (χ4v) is 4.09. The number of carbonyl (C=O) groups excluding carboxylic acids is 2. The zero-order valence-corrected chi connectivity index (χ0v) is 17.5. The SMILES string of the molecule is CC(C)C[C@H]1C(=O)N(CC(=O)N2CCCN(c3ncccn3)CC2)Cc2cnnn21. The molecule has 2 aliphatic heterocycles. The first-order valence-electron chi connectivity index (χ1n) is 10.5. The van der Waals surface area contributed by atoms with Crippen molar-refractivity contribution in [2.45, 2.75) is 39.3 Å². The number of fused-ring (bicyclic) bond motifs is 1. The minimum atomic E-state index is -0.390. The molecule has 4 heterocycles. The summed E-state index contributed by atoms with van der Waals surface area (Å²) in [6.45, 7) is 7.34. The highest BCUT2D eigenvalue weighted by molar-refractivity contribution is 5.87. The maximum absolute atomic E-state index is 13.1. The number of nitrogens with zero attached hydrogens (tertiary/aromatic N) is 8. The van der Waals surface area contributed by atoms with Gasteiger partial charge in [0.05, 0.1) is 18.4 Å². The molecule has 2 aliphatic rings. The number of aromatic nitrogens is 5. The maximum atomic E-state index is 13.1. The summed E-state index contributed by atoms with van der Waals surface area (Å²) in [6, 6.07) is 1.40.